The minimum absolute atomic E-state index is 0.0139. The molecule has 1 aliphatic heterocycles. The first-order valence-corrected chi connectivity index (χ1v) is 5.77. The standard InChI is InChI=1S/C11H15N3O4/c15-10(1-2-11(16)17)14-5-6-18-7-9(14)8-3-4-12-13-8/h3-4,9H,1-2,5-7H2,(H,12,13)(H,16,17). The van der Waals surface area contributed by atoms with Crippen molar-refractivity contribution >= 4 is 11.9 Å². The molecule has 1 aromatic rings. The highest BCUT2D eigenvalue weighted by Gasteiger charge is 2.29. The summed E-state index contributed by atoms with van der Waals surface area (Å²) in [6.07, 6.45) is 1.48. The maximum atomic E-state index is 12.0. The highest BCUT2D eigenvalue weighted by Crippen LogP contribution is 2.23. The number of aromatic amines is 1. The molecule has 7 nitrogen and oxygen atoms in total. The minimum Gasteiger partial charge on any atom is -0.481 e. The summed E-state index contributed by atoms with van der Waals surface area (Å²) in [5.74, 6) is -1.13. The molecule has 18 heavy (non-hydrogen) atoms. The van der Waals surface area contributed by atoms with Crippen molar-refractivity contribution in [2.45, 2.75) is 18.9 Å². The summed E-state index contributed by atoms with van der Waals surface area (Å²) in [5, 5.41) is 15.3. The first-order valence-electron chi connectivity index (χ1n) is 5.77. The van der Waals surface area contributed by atoms with Crippen LogP contribution in [0.5, 0.6) is 0 Å². The van der Waals surface area contributed by atoms with Gasteiger partial charge in [-0.2, -0.15) is 5.10 Å². The molecule has 0 bridgehead atoms. The van der Waals surface area contributed by atoms with Crippen LogP contribution in [0, 0.1) is 0 Å². The fourth-order valence-electron chi connectivity index (χ4n) is 1.97. The lowest BCUT2D eigenvalue weighted by Gasteiger charge is -2.34. The SMILES string of the molecule is O=C(O)CCC(=O)N1CCOCC1c1ccn[nH]1. The van der Waals surface area contributed by atoms with Crippen LogP contribution in [0.4, 0.5) is 0 Å². The van der Waals surface area contributed by atoms with E-state index in [-0.39, 0.29) is 24.8 Å². The third-order valence-corrected chi connectivity index (χ3v) is 2.88. The summed E-state index contributed by atoms with van der Waals surface area (Å²) < 4.78 is 5.35. The second-order valence-corrected chi connectivity index (χ2v) is 4.08. The van der Waals surface area contributed by atoms with Gasteiger partial charge in [-0.25, -0.2) is 0 Å². The molecule has 7 heteroatoms. The molecular formula is C11H15N3O4. The Morgan fingerprint density at radius 1 is 1.56 bits per heavy atom. The number of nitrogens with one attached hydrogen (secondary N) is 1. The van der Waals surface area contributed by atoms with E-state index in [0.717, 1.165) is 5.69 Å². The molecule has 1 saturated heterocycles. The van der Waals surface area contributed by atoms with E-state index < -0.39 is 5.97 Å². The lowest BCUT2D eigenvalue weighted by atomic mass is 10.1. The molecule has 0 saturated carbocycles. The molecule has 1 aliphatic rings. The van der Waals surface area contributed by atoms with Crippen molar-refractivity contribution < 1.29 is 19.4 Å². The van der Waals surface area contributed by atoms with Crippen molar-refractivity contribution in [2.24, 2.45) is 0 Å². The van der Waals surface area contributed by atoms with E-state index in [9.17, 15) is 9.59 Å². The molecule has 1 unspecified atom stereocenters. The smallest absolute Gasteiger partial charge is 0.303 e. The number of amides is 1. The van der Waals surface area contributed by atoms with Gasteiger partial charge in [-0.1, -0.05) is 0 Å². The first kappa shape index (κ1) is 12.6. The van der Waals surface area contributed by atoms with Crippen LogP contribution >= 0.6 is 0 Å². The number of carboxylic acids is 1. The number of hydrogen-bond donors (Lipinski definition) is 2. The van der Waals surface area contributed by atoms with Crippen molar-refractivity contribution in [1.29, 1.82) is 0 Å². The van der Waals surface area contributed by atoms with Crippen LogP contribution in [0.25, 0.3) is 0 Å². The molecule has 2 rings (SSSR count). The van der Waals surface area contributed by atoms with E-state index in [1.807, 2.05) is 0 Å². The monoisotopic (exact) mass is 253 g/mol. The summed E-state index contributed by atoms with van der Waals surface area (Å²) in [5.41, 5.74) is 0.804. The van der Waals surface area contributed by atoms with Crippen molar-refractivity contribution in [3.05, 3.63) is 18.0 Å². The molecule has 0 aromatic carbocycles. The number of rotatable bonds is 4. The van der Waals surface area contributed by atoms with Gasteiger partial charge in [0.1, 0.15) is 0 Å². The van der Waals surface area contributed by atoms with E-state index in [4.69, 9.17) is 9.84 Å². The van der Waals surface area contributed by atoms with Crippen LogP contribution in [-0.2, 0) is 14.3 Å². The van der Waals surface area contributed by atoms with Gasteiger partial charge in [0.25, 0.3) is 0 Å². The number of carbonyl (C=O) groups is 2. The number of morpholine rings is 1. The van der Waals surface area contributed by atoms with E-state index in [0.29, 0.717) is 19.8 Å². The molecule has 1 amide bonds. The fraction of sp³-hybridized carbons (Fsp3) is 0.545. The Kier molecular flexibility index (Phi) is 3.93. The van der Waals surface area contributed by atoms with E-state index in [1.165, 1.54) is 0 Å². The molecule has 1 fully saturated rings. The molecule has 1 aromatic heterocycles. The van der Waals surface area contributed by atoms with Gasteiger partial charge >= 0.3 is 5.97 Å². The van der Waals surface area contributed by atoms with Gasteiger partial charge in [-0.15, -0.1) is 0 Å². The average molecular weight is 253 g/mol. The average Bonchev–Trinajstić information content (AvgIpc) is 2.89. The van der Waals surface area contributed by atoms with Crippen molar-refractivity contribution in [2.75, 3.05) is 19.8 Å². The quantitative estimate of drug-likeness (QED) is 0.797. The third-order valence-electron chi connectivity index (χ3n) is 2.88. The van der Waals surface area contributed by atoms with Crippen molar-refractivity contribution in [1.82, 2.24) is 15.1 Å². The molecule has 2 N–H and O–H groups in total. The molecule has 0 aliphatic carbocycles. The maximum absolute atomic E-state index is 12.0. The van der Waals surface area contributed by atoms with Gasteiger partial charge in [0.05, 0.1) is 31.4 Å². The number of H-pyrrole nitrogens is 1. The molecule has 0 spiro atoms. The zero-order valence-electron chi connectivity index (χ0n) is 9.83. The lowest BCUT2D eigenvalue weighted by Crippen LogP contribution is -2.43. The Balaban J connectivity index is 2.03. The predicted octanol–water partition coefficient (Wildman–Crippen LogP) is 0.174. The van der Waals surface area contributed by atoms with Gasteiger partial charge in [-0.3, -0.25) is 14.7 Å². The van der Waals surface area contributed by atoms with Gasteiger partial charge in [-0.05, 0) is 6.07 Å². The molecular weight excluding hydrogens is 238 g/mol. The Hall–Kier alpha value is -1.89. The highest BCUT2D eigenvalue weighted by molar-refractivity contribution is 5.81. The first-order chi connectivity index (χ1) is 8.68. The second-order valence-electron chi connectivity index (χ2n) is 4.08. The fourth-order valence-corrected chi connectivity index (χ4v) is 1.97. The Bertz CT molecular complexity index is 418. The number of nitrogens with zero attached hydrogens (tertiary/aromatic N) is 2. The highest BCUT2D eigenvalue weighted by atomic mass is 16.5. The van der Waals surface area contributed by atoms with Gasteiger partial charge in [0.2, 0.25) is 5.91 Å². The number of carbonyl (C=O) groups excluding carboxylic acids is 1. The summed E-state index contributed by atoms with van der Waals surface area (Å²) in [7, 11) is 0. The largest absolute Gasteiger partial charge is 0.481 e. The molecule has 1 atom stereocenters. The van der Waals surface area contributed by atoms with Gasteiger partial charge in [0.15, 0.2) is 0 Å². The summed E-state index contributed by atoms with van der Waals surface area (Å²) in [6, 6.07) is 1.58. The van der Waals surface area contributed by atoms with E-state index in [1.54, 1.807) is 17.2 Å². The van der Waals surface area contributed by atoms with Crippen molar-refractivity contribution in [3.63, 3.8) is 0 Å². The number of carboxylic acid groups (broad SMARTS) is 1. The lowest BCUT2D eigenvalue weighted by molar-refractivity contribution is -0.145. The summed E-state index contributed by atoms with van der Waals surface area (Å²) >= 11 is 0. The van der Waals surface area contributed by atoms with Crippen LogP contribution < -0.4 is 0 Å². The second kappa shape index (κ2) is 5.63. The normalized spacial score (nSPS) is 19.8. The van der Waals surface area contributed by atoms with Crippen LogP contribution in [0.3, 0.4) is 0 Å². The van der Waals surface area contributed by atoms with E-state index >= 15 is 0 Å². The van der Waals surface area contributed by atoms with Crippen LogP contribution in [-0.4, -0.2) is 51.8 Å². The number of ether oxygens (including phenoxy) is 1. The zero-order chi connectivity index (χ0) is 13.0. The van der Waals surface area contributed by atoms with E-state index in [2.05, 4.69) is 10.2 Å². The Morgan fingerprint density at radius 2 is 2.39 bits per heavy atom. The molecule has 2 heterocycles. The Morgan fingerprint density at radius 3 is 3.06 bits per heavy atom. The maximum Gasteiger partial charge on any atom is 0.303 e. The minimum atomic E-state index is -0.963. The predicted molar refractivity (Wildman–Crippen MR) is 60.7 cm³/mol. The van der Waals surface area contributed by atoms with Crippen LogP contribution in [0.15, 0.2) is 12.3 Å². The Labute approximate surface area is 104 Å². The zero-order valence-corrected chi connectivity index (χ0v) is 9.83. The number of hydrogen-bond acceptors (Lipinski definition) is 4. The van der Waals surface area contributed by atoms with Crippen molar-refractivity contribution in [3.8, 4) is 0 Å². The molecule has 98 valence electrons. The number of aromatic nitrogens is 2. The number of aliphatic carboxylic acids is 1. The van der Waals surface area contributed by atoms with Gasteiger partial charge < -0.3 is 14.7 Å². The summed E-state index contributed by atoms with van der Waals surface area (Å²) in [6.45, 7) is 1.35. The molecule has 0 radical (unpaired) electrons. The van der Waals surface area contributed by atoms with Crippen LogP contribution in [0.2, 0.25) is 0 Å². The van der Waals surface area contributed by atoms with Gasteiger partial charge in [0, 0.05) is 19.2 Å². The third kappa shape index (κ3) is 2.86. The van der Waals surface area contributed by atoms with Crippen LogP contribution in [0.1, 0.15) is 24.6 Å². The summed E-state index contributed by atoms with van der Waals surface area (Å²) in [4.78, 5) is 24.1. The topological polar surface area (TPSA) is 95.5 Å².